The summed E-state index contributed by atoms with van der Waals surface area (Å²) >= 11 is 0. The molecule has 6 N–H and O–H groups in total. The van der Waals surface area contributed by atoms with Gasteiger partial charge in [0, 0.05) is 6.42 Å². The van der Waals surface area contributed by atoms with Crippen molar-refractivity contribution < 1.29 is 49.3 Å². The molecule has 11 nitrogen and oxygen atoms in total. The Bertz CT molecular complexity index is 1280. The summed E-state index contributed by atoms with van der Waals surface area (Å²) in [5, 5.41) is 56.8. The number of carbonyl (C=O) groups excluding carboxylic acids is 2. The smallest absolute Gasteiger partial charge is 0.306 e. The number of carbonyl (C=O) groups is 2. The first-order valence-electron chi connectivity index (χ1n) is 29.3. The first-order chi connectivity index (χ1) is 34.2. The van der Waals surface area contributed by atoms with E-state index in [9.17, 15) is 35.1 Å². The van der Waals surface area contributed by atoms with Gasteiger partial charge >= 0.3 is 5.97 Å². The number of amides is 1. The molecule has 0 aliphatic carbocycles. The molecule has 1 rings (SSSR count). The van der Waals surface area contributed by atoms with Crippen LogP contribution in [0.5, 0.6) is 0 Å². The van der Waals surface area contributed by atoms with Gasteiger partial charge in [0.2, 0.25) is 5.91 Å². The van der Waals surface area contributed by atoms with Crippen molar-refractivity contribution in [2.24, 2.45) is 0 Å². The second-order valence-corrected chi connectivity index (χ2v) is 20.4. The van der Waals surface area contributed by atoms with Crippen LogP contribution in [0.25, 0.3) is 0 Å². The molecule has 1 fully saturated rings. The molecule has 0 radical (unpaired) electrons. The SMILES string of the molecule is CC/C=C/C/C=C/CCCCCCCCC(O)C(=O)NC(COC1OC(CO)C(O)C(O)C1OC(=O)CCCCCCCCCCCCCCCCCCC)C(O)/C=C/CCCCCCCCCCC. The molecular weight excluding hydrogens is 883 g/mol. The van der Waals surface area contributed by atoms with E-state index in [0.717, 1.165) is 89.9 Å². The molecule has 0 saturated carbocycles. The molecule has 1 heterocycles. The van der Waals surface area contributed by atoms with Crippen LogP contribution in [0.3, 0.4) is 0 Å². The van der Waals surface area contributed by atoms with Crippen molar-refractivity contribution in [2.75, 3.05) is 13.2 Å². The summed E-state index contributed by atoms with van der Waals surface area (Å²) in [6.07, 6.45) is 44.8. The van der Waals surface area contributed by atoms with Crippen molar-refractivity contribution in [2.45, 2.75) is 314 Å². The van der Waals surface area contributed by atoms with Crippen LogP contribution in [0, 0.1) is 0 Å². The third-order valence-corrected chi connectivity index (χ3v) is 13.8. The second-order valence-electron chi connectivity index (χ2n) is 20.4. The highest BCUT2D eigenvalue weighted by molar-refractivity contribution is 5.80. The molecule has 70 heavy (non-hydrogen) atoms. The number of hydrogen-bond acceptors (Lipinski definition) is 10. The quantitative estimate of drug-likeness (QED) is 0.0195. The summed E-state index contributed by atoms with van der Waals surface area (Å²) in [5.41, 5.74) is 0. The Morgan fingerprint density at radius 2 is 1.03 bits per heavy atom. The standard InChI is InChI=1S/C59H109NO10/c1-4-7-10-13-16-19-22-24-25-26-27-29-32-35-38-41-44-47-54(64)70-57-56(66)55(65)53(48-61)69-59(57)68-49-50(51(62)45-42-39-36-33-30-21-18-15-12-9-6-3)60-58(67)52(63)46-43-40-37-34-31-28-23-20-17-14-11-8-5-2/h8,11,17,20,42,45,50-53,55-57,59,61-63,65-66H,4-7,9-10,12-16,18-19,21-41,43-44,46-49H2,1-3H3,(H,60,67)/b11-8+,20-17+,45-42+. The van der Waals surface area contributed by atoms with E-state index in [1.165, 1.54) is 128 Å². The Kier molecular flexibility index (Phi) is 45.1. The van der Waals surface area contributed by atoms with E-state index in [4.69, 9.17) is 14.2 Å². The molecule has 0 bridgehead atoms. The minimum atomic E-state index is -1.61. The monoisotopic (exact) mass is 992 g/mol. The van der Waals surface area contributed by atoms with Crippen molar-refractivity contribution >= 4 is 11.9 Å². The number of aliphatic hydroxyl groups excluding tert-OH is 5. The summed E-state index contributed by atoms with van der Waals surface area (Å²) in [6.45, 7) is 5.67. The summed E-state index contributed by atoms with van der Waals surface area (Å²) in [7, 11) is 0. The van der Waals surface area contributed by atoms with Crippen LogP contribution in [0.4, 0.5) is 0 Å². The van der Waals surface area contributed by atoms with Gasteiger partial charge in [0.25, 0.3) is 0 Å². The normalized spacial score (nSPS) is 19.9. The fourth-order valence-corrected chi connectivity index (χ4v) is 9.16. The summed E-state index contributed by atoms with van der Waals surface area (Å²) < 4.78 is 17.6. The number of rotatable bonds is 49. The number of ether oxygens (including phenoxy) is 3. The topological polar surface area (TPSA) is 175 Å². The maximum atomic E-state index is 13.3. The maximum Gasteiger partial charge on any atom is 0.306 e. The third kappa shape index (κ3) is 35.9. The molecule has 1 aliphatic heterocycles. The van der Waals surface area contributed by atoms with Gasteiger partial charge in [0.1, 0.15) is 24.4 Å². The van der Waals surface area contributed by atoms with Gasteiger partial charge in [0.15, 0.2) is 12.4 Å². The number of esters is 1. The Morgan fingerprint density at radius 1 is 0.571 bits per heavy atom. The van der Waals surface area contributed by atoms with E-state index in [-0.39, 0.29) is 19.4 Å². The van der Waals surface area contributed by atoms with E-state index in [0.29, 0.717) is 12.8 Å². The fourth-order valence-electron chi connectivity index (χ4n) is 9.16. The largest absolute Gasteiger partial charge is 0.454 e. The average Bonchev–Trinajstić information content (AvgIpc) is 3.36. The van der Waals surface area contributed by atoms with Gasteiger partial charge in [-0.1, -0.05) is 243 Å². The van der Waals surface area contributed by atoms with Crippen molar-refractivity contribution in [3.63, 3.8) is 0 Å². The number of aliphatic hydroxyl groups is 5. The van der Waals surface area contributed by atoms with Crippen LogP contribution >= 0.6 is 0 Å². The molecule has 8 atom stereocenters. The molecular formula is C59H109NO10. The van der Waals surface area contributed by atoms with E-state index in [1.54, 1.807) is 6.08 Å². The van der Waals surface area contributed by atoms with Crippen molar-refractivity contribution in [3.05, 3.63) is 36.5 Å². The lowest BCUT2D eigenvalue weighted by atomic mass is 9.99. The molecule has 0 aromatic carbocycles. The minimum absolute atomic E-state index is 0.127. The summed E-state index contributed by atoms with van der Waals surface area (Å²) in [5.74, 6) is -1.20. The fraction of sp³-hybridized carbons (Fsp3) is 0.864. The van der Waals surface area contributed by atoms with Crippen LogP contribution in [0.2, 0.25) is 0 Å². The zero-order valence-electron chi connectivity index (χ0n) is 45.1. The number of nitrogens with one attached hydrogen (secondary N) is 1. The van der Waals surface area contributed by atoms with Crippen LogP contribution in [-0.4, -0.2) is 99.6 Å². The molecule has 11 heteroatoms. The van der Waals surface area contributed by atoms with Crippen LogP contribution in [0.15, 0.2) is 36.5 Å². The van der Waals surface area contributed by atoms with Crippen LogP contribution in [-0.2, 0) is 23.8 Å². The zero-order valence-corrected chi connectivity index (χ0v) is 45.1. The van der Waals surface area contributed by atoms with E-state index < -0.39 is 67.4 Å². The first kappa shape index (κ1) is 65.9. The lowest BCUT2D eigenvalue weighted by Crippen LogP contribution is -2.61. The minimum Gasteiger partial charge on any atom is -0.454 e. The van der Waals surface area contributed by atoms with Gasteiger partial charge in [0.05, 0.1) is 25.4 Å². The average molecular weight is 993 g/mol. The Labute approximate surface area is 428 Å². The molecule has 8 unspecified atom stereocenters. The van der Waals surface area contributed by atoms with Crippen LogP contribution < -0.4 is 5.32 Å². The van der Waals surface area contributed by atoms with E-state index >= 15 is 0 Å². The molecule has 1 saturated heterocycles. The molecule has 1 aliphatic rings. The second kappa shape index (κ2) is 47.9. The first-order valence-corrected chi connectivity index (χ1v) is 29.3. The van der Waals surface area contributed by atoms with Gasteiger partial charge in [-0.2, -0.15) is 0 Å². The van der Waals surface area contributed by atoms with Crippen molar-refractivity contribution in [3.8, 4) is 0 Å². The van der Waals surface area contributed by atoms with Crippen molar-refractivity contribution in [1.29, 1.82) is 0 Å². The predicted octanol–water partition coefficient (Wildman–Crippen LogP) is 13.1. The highest BCUT2D eigenvalue weighted by Gasteiger charge is 2.47. The Balaban J connectivity index is 2.69. The molecule has 0 spiro atoms. The molecule has 1 amide bonds. The lowest BCUT2D eigenvalue weighted by molar-refractivity contribution is -0.305. The van der Waals surface area contributed by atoms with Crippen molar-refractivity contribution in [1.82, 2.24) is 5.32 Å². The lowest BCUT2D eigenvalue weighted by Gasteiger charge is -2.41. The number of allylic oxidation sites excluding steroid dienone is 5. The van der Waals surface area contributed by atoms with Gasteiger partial charge in [-0.25, -0.2) is 0 Å². The number of unbranched alkanes of at least 4 members (excludes halogenated alkanes) is 31. The van der Waals surface area contributed by atoms with Gasteiger partial charge < -0.3 is 45.1 Å². The zero-order chi connectivity index (χ0) is 51.1. The highest BCUT2D eigenvalue weighted by Crippen LogP contribution is 2.26. The number of hydrogen-bond donors (Lipinski definition) is 6. The van der Waals surface area contributed by atoms with Gasteiger partial charge in [-0.05, 0) is 51.4 Å². The van der Waals surface area contributed by atoms with Gasteiger partial charge in [-0.15, -0.1) is 0 Å². The van der Waals surface area contributed by atoms with E-state index in [1.807, 2.05) is 6.08 Å². The van der Waals surface area contributed by atoms with Crippen LogP contribution in [0.1, 0.15) is 265 Å². The molecule has 410 valence electrons. The summed E-state index contributed by atoms with van der Waals surface area (Å²) in [4.78, 5) is 26.4. The Hall–Kier alpha value is -2.12. The predicted molar refractivity (Wildman–Crippen MR) is 287 cm³/mol. The summed E-state index contributed by atoms with van der Waals surface area (Å²) in [6, 6.07) is -1.02. The van der Waals surface area contributed by atoms with E-state index in [2.05, 4.69) is 50.4 Å². The molecule has 0 aromatic rings. The third-order valence-electron chi connectivity index (χ3n) is 13.8. The maximum absolute atomic E-state index is 13.3. The Morgan fingerprint density at radius 3 is 1.53 bits per heavy atom. The highest BCUT2D eigenvalue weighted by atomic mass is 16.7. The van der Waals surface area contributed by atoms with Gasteiger partial charge in [-0.3, -0.25) is 9.59 Å². The molecule has 0 aromatic heterocycles.